The summed E-state index contributed by atoms with van der Waals surface area (Å²) in [6, 6.07) is 29.8. The van der Waals surface area contributed by atoms with Crippen molar-refractivity contribution in [1.82, 2.24) is 30.6 Å². The molecule has 98 heavy (non-hydrogen) atoms. The van der Waals surface area contributed by atoms with Crippen LogP contribution >= 0.6 is 24.0 Å². The Balaban J connectivity index is 0.000000165. The summed E-state index contributed by atoms with van der Waals surface area (Å²) in [6.45, 7) is -1.20. The van der Waals surface area contributed by atoms with Crippen molar-refractivity contribution in [2.75, 3.05) is 45.3 Å². The standard InChI is InChI=1S/C24H18F2N4O4S.C21H14FN3O4S.C15H5ClF5NO3S.C3H5F2N.ClH/c1-33-22-10-21(30-13-24(25,26)14-30)16(11-27)9-20(22)23-19-3-2-18(8-15(19)4-6-28-23)35(31,32)12-17-5-7-34-29-17;1-28-20-10-19(22)14(11-23)9-18(20)21-17-3-2-16(8-13(17)4-6-24-21)30(26,27)12-15-5-7-29-25-15;16-15-8-2-1-7(5-6(8)3-4-22-15)26(23,24)25-14-12(20)10(18)9(17)11(19)13(14)21;4-3(5)1-6-2-3;/h2-10H,12-14H2,1H3;2-10H,12H2,1H3;1-5H;6H,1-2H2;1H. The molecule has 35 heteroatoms. The Kier molecular flexibility index (Phi) is 21.3. The second-order valence-corrected chi connectivity index (χ2v) is 26.9. The summed E-state index contributed by atoms with van der Waals surface area (Å²) < 4.78 is 230. The second-order valence-electron chi connectivity index (χ2n) is 21.0. The molecule has 508 valence electrons. The monoisotopic (exact) mass is 1460 g/mol. The van der Waals surface area contributed by atoms with E-state index in [4.69, 9.17) is 35.4 Å². The van der Waals surface area contributed by atoms with Crippen molar-refractivity contribution in [3.05, 3.63) is 203 Å². The van der Waals surface area contributed by atoms with Crippen LogP contribution in [0, 0.1) is 57.6 Å². The molecule has 0 radical (unpaired) electrons. The molecule has 0 aliphatic carbocycles. The first kappa shape index (κ1) is 72.1. The Morgan fingerprint density at radius 3 is 1.43 bits per heavy atom. The van der Waals surface area contributed by atoms with Crippen LogP contribution in [-0.2, 0) is 41.3 Å². The molecule has 2 saturated heterocycles. The number of methoxy groups -OCH3 is 2. The lowest BCUT2D eigenvalue weighted by molar-refractivity contribution is -0.0476. The summed E-state index contributed by atoms with van der Waals surface area (Å²) in [5.74, 6) is -19.7. The number of nitrogens with zero attached hydrogens (tertiary/aromatic N) is 8. The van der Waals surface area contributed by atoms with Crippen LogP contribution in [0.4, 0.5) is 49.6 Å². The van der Waals surface area contributed by atoms with Gasteiger partial charge in [0.25, 0.3) is 11.8 Å². The van der Waals surface area contributed by atoms with Crippen molar-refractivity contribution >= 4 is 91.8 Å². The molecule has 13 rings (SSSR count). The van der Waals surface area contributed by atoms with Gasteiger partial charge in [0.15, 0.2) is 19.7 Å². The van der Waals surface area contributed by atoms with E-state index in [0.29, 0.717) is 77.7 Å². The van der Waals surface area contributed by atoms with Gasteiger partial charge in [-0.1, -0.05) is 34.0 Å². The predicted octanol–water partition coefficient (Wildman–Crippen LogP) is 13.1. The number of hydrogen-bond donors (Lipinski definition) is 1. The van der Waals surface area contributed by atoms with Gasteiger partial charge in [-0.3, -0.25) is 9.97 Å². The summed E-state index contributed by atoms with van der Waals surface area (Å²) >= 11 is 5.83. The van der Waals surface area contributed by atoms with E-state index >= 15 is 0 Å². The number of nitrogens with one attached hydrogen (secondary N) is 1. The Hall–Kier alpha value is -10.2. The average Bonchev–Trinajstić information content (AvgIpc) is 0.810. The summed E-state index contributed by atoms with van der Waals surface area (Å²) in [5, 5.41) is 31.9. The smallest absolute Gasteiger partial charge is 0.339 e. The van der Waals surface area contributed by atoms with E-state index in [2.05, 4.69) is 40.8 Å². The summed E-state index contributed by atoms with van der Waals surface area (Å²) in [6.07, 6.45) is 6.95. The molecule has 0 unspecified atom stereocenters. The van der Waals surface area contributed by atoms with Crippen molar-refractivity contribution in [2.24, 2.45) is 0 Å². The summed E-state index contributed by atoms with van der Waals surface area (Å²) in [7, 11) is -9.39. The van der Waals surface area contributed by atoms with Gasteiger partial charge < -0.3 is 32.9 Å². The maximum atomic E-state index is 14.0. The SMILES string of the molecule is COc1cc(F)c(C#N)cc1-c1nccc2cc(S(=O)(=O)Cc3ccon3)ccc12.COc1cc(N2CC(F)(F)C2)c(C#N)cc1-c1nccc2cc(S(=O)(=O)Cc3ccon3)ccc12.Cl.FC1(F)CNC1.O=S(=O)(Oc1c(F)c(F)c(F)c(F)c1F)c1ccc2c(Cl)nccc2c1. The van der Waals surface area contributed by atoms with Gasteiger partial charge in [0.2, 0.25) is 34.8 Å². The number of fused-ring (bicyclic) bond motifs is 3. The van der Waals surface area contributed by atoms with Gasteiger partial charge in [-0.05, 0) is 89.0 Å². The third-order valence-electron chi connectivity index (χ3n) is 14.5. The van der Waals surface area contributed by atoms with Crippen LogP contribution in [-0.4, -0.2) is 103 Å². The molecule has 0 spiro atoms. The fourth-order valence-corrected chi connectivity index (χ4v) is 13.4. The molecule has 0 saturated carbocycles. The molecule has 1 N–H and O–H groups in total. The molecule has 2 aliphatic rings. The number of rotatable bonds is 14. The highest BCUT2D eigenvalue weighted by molar-refractivity contribution is 7.91. The second kappa shape index (κ2) is 28.9. The first-order valence-corrected chi connectivity index (χ1v) is 32.7. The van der Waals surface area contributed by atoms with Gasteiger partial charge in [-0.2, -0.15) is 27.7 Å². The molecule has 11 aromatic rings. The third kappa shape index (κ3) is 15.5. The summed E-state index contributed by atoms with van der Waals surface area (Å²) in [4.78, 5) is 13.7. The Morgan fingerprint density at radius 2 is 0.990 bits per heavy atom. The predicted molar refractivity (Wildman–Crippen MR) is 335 cm³/mol. The molecule has 20 nitrogen and oxygen atoms in total. The van der Waals surface area contributed by atoms with Crippen LogP contribution in [0.25, 0.3) is 54.8 Å². The van der Waals surface area contributed by atoms with Crippen molar-refractivity contribution in [3.8, 4) is 51.9 Å². The van der Waals surface area contributed by atoms with E-state index < -0.39 is 100 Å². The van der Waals surface area contributed by atoms with Crippen molar-refractivity contribution in [1.29, 1.82) is 10.5 Å². The minimum absolute atomic E-state index is 0. The highest BCUT2D eigenvalue weighted by Gasteiger charge is 2.45. The Bertz CT molecular complexity index is 5290. The van der Waals surface area contributed by atoms with E-state index in [1.54, 1.807) is 48.5 Å². The van der Waals surface area contributed by atoms with Crippen LogP contribution in [0.2, 0.25) is 5.15 Å². The molecular weight excluding hydrogens is 1420 g/mol. The third-order valence-corrected chi connectivity index (χ3v) is 19.3. The number of ether oxygens (including phenoxy) is 2. The lowest BCUT2D eigenvalue weighted by Crippen LogP contribution is -2.56. The average molecular weight is 1460 g/mol. The van der Waals surface area contributed by atoms with E-state index in [-0.39, 0.29) is 68.8 Å². The first-order chi connectivity index (χ1) is 46.0. The topological polar surface area (TPSA) is 284 Å². The van der Waals surface area contributed by atoms with E-state index in [9.17, 15) is 74.4 Å². The number of sulfone groups is 2. The highest BCUT2D eigenvalue weighted by Crippen LogP contribution is 2.43. The van der Waals surface area contributed by atoms with Crippen molar-refractivity contribution in [3.63, 3.8) is 0 Å². The largest absolute Gasteiger partial charge is 0.496 e. The van der Waals surface area contributed by atoms with Crippen molar-refractivity contribution < 1.29 is 91.9 Å². The lowest BCUT2D eigenvalue weighted by atomic mass is 9.98. The number of halogens is 12. The number of hydrogen-bond acceptors (Lipinski definition) is 20. The molecule has 2 fully saturated rings. The van der Waals surface area contributed by atoms with Gasteiger partial charge >= 0.3 is 10.1 Å². The highest BCUT2D eigenvalue weighted by atomic mass is 35.5. The van der Waals surface area contributed by atoms with Crippen LogP contribution in [0.1, 0.15) is 22.5 Å². The first-order valence-electron chi connectivity index (χ1n) is 27.6. The van der Waals surface area contributed by atoms with Crippen LogP contribution in [0.15, 0.2) is 164 Å². The normalized spacial score (nSPS) is 13.7. The lowest BCUT2D eigenvalue weighted by Gasteiger charge is -2.41. The molecule has 0 atom stereocenters. The van der Waals surface area contributed by atoms with Crippen LogP contribution in [0.5, 0.6) is 17.2 Å². The molecular formula is C63H43Cl2F10N9O11S3. The zero-order chi connectivity index (χ0) is 69.9. The number of benzene rings is 6. The zero-order valence-electron chi connectivity index (χ0n) is 49.9. The van der Waals surface area contributed by atoms with Crippen LogP contribution < -0.4 is 23.9 Å². The minimum atomic E-state index is -4.91. The van der Waals surface area contributed by atoms with Crippen LogP contribution in [0.3, 0.4) is 0 Å². The van der Waals surface area contributed by atoms with E-state index in [1.807, 2.05) is 0 Å². The van der Waals surface area contributed by atoms with E-state index in [0.717, 1.165) is 18.2 Å². The molecule has 0 bridgehead atoms. The zero-order valence-corrected chi connectivity index (χ0v) is 53.9. The van der Waals surface area contributed by atoms with Gasteiger partial charge in [0, 0.05) is 70.1 Å². The fraction of sp³-hybridized carbons (Fsp3) is 0.159. The summed E-state index contributed by atoms with van der Waals surface area (Å²) in [5.41, 5.74) is 2.87. The molecule has 0 amide bonds. The molecule has 2 aliphatic heterocycles. The fourth-order valence-electron chi connectivity index (χ4n) is 9.66. The quantitative estimate of drug-likeness (QED) is 0.0348. The number of anilines is 1. The Labute approximate surface area is 559 Å². The molecule has 7 heterocycles. The van der Waals surface area contributed by atoms with Gasteiger partial charge in [0.1, 0.15) is 63.5 Å². The maximum Gasteiger partial charge on any atom is 0.339 e. The minimum Gasteiger partial charge on any atom is -0.496 e. The molecule has 6 aromatic carbocycles. The Morgan fingerprint density at radius 1 is 0.561 bits per heavy atom. The number of aromatic nitrogens is 5. The number of alkyl halides is 4. The van der Waals surface area contributed by atoms with Gasteiger partial charge in [-0.15, -0.1) is 12.4 Å². The molecule has 5 aromatic heterocycles. The number of nitriles is 2. The van der Waals surface area contributed by atoms with Crippen molar-refractivity contribution in [2.45, 2.75) is 38.0 Å². The van der Waals surface area contributed by atoms with Gasteiger partial charge in [-0.25, -0.2) is 56.9 Å². The van der Waals surface area contributed by atoms with E-state index in [1.165, 1.54) is 98.8 Å². The number of pyridine rings is 3. The van der Waals surface area contributed by atoms with Gasteiger partial charge in [0.05, 0.1) is 89.8 Å². The maximum absolute atomic E-state index is 14.0.